The minimum atomic E-state index is -0.208. The van der Waals surface area contributed by atoms with E-state index in [9.17, 15) is 9.59 Å². The Morgan fingerprint density at radius 3 is 2.88 bits per heavy atom. The van der Waals surface area contributed by atoms with Crippen LogP contribution in [-0.2, 0) is 9.59 Å². The normalized spacial score (nSPS) is 27.7. The third kappa shape index (κ3) is 2.92. The smallest absolute Gasteiger partial charge is 0.231 e. The van der Waals surface area contributed by atoms with Gasteiger partial charge in [-0.25, -0.2) is 0 Å². The van der Waals surface area contributed by atoms with Gasteiger partial charge in [0.15, 0.2) is 11.5 Å². The van der Waals surface area contributed by atoms with Crippen LogP contribution in [-0.4, -0.2) is 36.6 Å². The maximum atomic E-state index is 12.5. The third-order valence-electron chi connectivity index (χ3n) is 5.05. The first-order chi connectivity index (χ1) is 11.6. The lowest BCUT2D eigenvalue weighted by molar-refractivity contribution is -0.135. The Morgan fingerprint density at radius 1 is 1.21 bits per heavy atom. The highest BCUT2D eigenvalue weighted by molar-refractivity contribution is 5.99. The second-order valence-corrected chi connectivity index (χ2v) is 7.04. The fourth-order valence-corrected chi connectivity index (χ4v) is 3.59. The Bertz CT molecular complexity index is 675. The second-order valence-electron chi connectivity index (χ2n) is 7.04. The lowest BCUT2D eigenvalue weighted by atomic mass is 10.00. The third-order valence-corrected chi connectivity index (χ3v) is 5.05. The van der Waals surface area contributed by atoms with Crippen LogP contribution in [0.15, 0.2) is 18.2 Å². The molecule has 2 fully saturated rings. The highest BCUT2D eigenvalue weighted by Crippen LogP contribution is 2.42. The lowest BCUT2D eigenvalue weighted by Gasteiger charge is -2.31. The molecule has 1 aromatic rings. The number of hydrogen-bond donors (Lipinski definition) is 1. The van der Waals surface area contributed by atoms with E-state index in [1.54, 1.807) is 18.2 Å². The average molecular weight is 330 g/mol. The van der Waals surface area contributed by atoms with Crippen molar-refractivity contribution < 1.29 is 19.1 Å². The number of fused-ring (bicyclic) bond motifs is 1. The van der Waals surface area contributed by atoms with Crippen LogP contribution in [0.25, 0.3) is 0 Å². The van der Waals surface area contributed by atoms with Gasteiger partial charge in [0.25, 0.3) is 0 Å². The van der Waals surface area contributed by atoms with Crippen LogP contribution >= 0.6 is 0 Å². The van der Waals surface area contributed by atoms with Crippen molar-refractivity contribution in [3.63, 3.8) is 0 Å². The number of piperidine rings is 1. The number of benzene rings is 1. The molecule has 1 saturated carbocycles. The van der Waals surface area contributed by atoms with Crippen LogP contribution in [0, 0.1) is 17.8 Å². The molecule has 2 amide bonds. The highest BCUT2D eigenvalue weighted by Gasteiger charge is 2.49. The summed E-state index contributed by atoms with van der Waals surface area (Å²) in [6, 6.07) is 5.32. The van der Waals surface area contributed by atoms with Gasteiger partial charge in [-0.15, -0.1) is 0 Å². The van der Waals surface area contributed by atoms with Crippen LogP contribution in [0.5, 0.6) is 11.5 Å². The molecule has 1 aliphatic carbocycles. The van der Waals surface area contributed by atoms with Gasteiger partial charge in [-0.3, -0.25) is 9.59 Å². The number of rotatable bonds is 3. The maximum absolute atomic E-state index is 12.5. The molecule has 3 unspecified atom stereocenters. The first-order valence-corrected chi connectivity index (χ1v) is 8.61. The molecule has 2 aliphatic heterocycles. The summed E-state index contributed by atoms with van der Waals surface area (Å²) >= 11 is 0. The van der Waals surface area contributed by atoms with E-state index >= 15 is 0 Å². The van der Waals surface area contributed by atoms with Crippen molar-refractivity contribution in [1.82, 2.24) is 4.90 Å². The molecule has 4 rings (SSSR count). The monoisotopic (exact) mass is 330 g/mol. The summed E-state index contributed by atoms with van der Waals surface area (Å²) in [7, 11) is 0. The van der Waals surface area contributed by atoms with E-state index in [1.807, 2.05) is 4.90 Å². The quantitative estimate of drug-likeness (QED) is 0.923. The van der Waals surface area contributed by atoms with Gasteiger partial charge in [0, 0.05) is 24.8 Å². The fourth-order valence-electron chi connectivity index (χ4n) is 3.59. The largest absolute Gasteiger partial charge is 0.454 e. The van der Waals surface area contributed by atoms with Gasteiger partial charge < -0.3 is 19.7 Å². The number of anilines is 1. The number of carbonyl (C=O) groups is 2. The van der Waals surface area contributed by atoms with E-state index in [0.717, 1.165) is 19.5 Å². The molecule has 3 aliphatic rings. The number of carbonyl (C=O) groups excluding carboxylic acids is 2. The van der Waals surface area contributed by atoms with Crippen molar-refractivity contribution in [3.05, 3.63) is 18.2 Å². The number of likely N-dealkylation sites (tertiary alicyclic amines) is 1. The minimum absolute atomic E-state index is 0.0859. The predicted octanol–water partition coefficient (Wildman–Crippen LogP) is 2.25. The summed E-state index contributed by atoms with van der Waals surface area (Å²) < 4.78 is 10.6. The lowest BCUT2D eigenvalue weighted by Crippen LogP contribution is -2.40. The van der Waals surface area contributed by atoms with Crippen LogP contribution in [0.3, 0.4) is 0 Å². The Morgan fingerprint density at radius 2 is 2.04 bits per heavy atom. The van der Waals surface area contributed by atoms with E-state index in [0.29, 0.717) is 29.5 Å². The van der Waals surface area contributed by atoms with Gasteiger partial charge in [-0.1, -0.05) is 6.92 Å². The zero-order valence-corrected chi connectivity index (χ0v) is 13.8. The number of nitrogens with zero attached hydrogens (tertiary/aromatic N) is 1. The summed E-state index contributed by atoms with van der Waals surface area (Å²) in [5, 5.41) is 2.88. The minimum Gasteiger partial charge on any atom is -0.454 e. The van der Waals surface area contributed by atoms with Gasteiger partial charge in [-0.2, -0.15) is 0 Å². The molecule has 1 N–H and O–H groups in total. The van der Waals surface area contributed by atoms with E-state index in [2.05, 4.69) is 12.2 Å². The van der Waals surface area contributed by atoms with Crippen molar-refractivity contribution in [1.29, 1.82) is 0 Å². The second kappa shape index (κ2) is 6.00. The molecule has 24 heavy (non-hydrogen) atoms. The van der Waals surface area contributed by atoms with E-state index in [-0.39, 0.29) is 30.4 Å². The molecule has 128 valence electrons. The zero-order chi connectivity index (χ0) is 16.7. The molecule has 0 spiro atoms. The molecule has 1 saturated heterocycles. The number of amides is 2. The topological polar surface area (TPSA) is 67.9 Å². The highest BCUT2D eigenvalue weighted by atomic mass is 16.7. The first kappa shape index (κ1) is 15.3. The van der Waals surface area contributed by atoms with Crippen molar-refractivity contribution in [3.8, 4) is 11.5 Å². The number of hydrogen-bond acceptors (Lipinski definition) is 4. The molecule has 0 radical (unpaired) electrons. The van der Waals surface area contributed by atoms with Crippen LogP contribution in [0.4, 0.5) is 5.69 Å². The Kier molecular flexibility index (Phi) is 3.82. The van der Waals surface area contributed by atoms with Gasteiger partial charge in [0.1, 0.15) is 0 Å². The molecule has 6 heteroatoms. The van der Waals surface area contributed by atoms with Gasteiger partial charge >= 0.3 is 0 Å². The number of ether oxygens (including phenoxy) is 2. The summed E-state index contributed by atoms with van der Waals surface area (Å²) in [6.07, 6.45) is 2.90. The van der Waals surface area contributed by atoms with E-state index < -0.39 is 0 Å². The Hall–Kier alpha value is -2.24. The first-order valence-electron chi connectivity index (χ1n) is 8.61. The summed E-state index contributed by atoms with van der Waals surface area (Å²) in [5.74, 6) is 1.58. The Labute approximate surface area is 141 Å². The molecule has 0 aromatic heterocycles. The van der Waals surface area contributed by atoms with Crippen LogP contribution in [0.2, 0.25) is 0 Å². The molecule has 2 heterocycles. The molecule has 3 atom stereocenters. The molecule has 0 bridgehead atoms. The van der Waals surface area contributed by atoms with Crippen LogP contribution < -0.4 is 14.8 Å². The maximum Gasteiger partial charge on any atom is 0.231 e. The molecule has 1 aromatic carbocycles. The predicted molar refractivity (Wildman–Crippen MR) is 87.8 cm³/mol. The van der Waals surface area contributed by atoms with Crippen molar-refractivity contribution in [2.45, 2.75) is 26.2 Å². The summed E-state index contributed by atoms with van der Waals surface area (Å²) in [5.41, 5.74) is 0.675. The average Bonchev–Trinajstić information content (AvgIpc) is 3.25. The number of nitrogens with one attached hydrogen (secondary N) is 1. The van der Waals surface area contributed by atoms with Gasteiger partial charge in [0.05, 0.1) is 11.8 Å². The summed E-state index contributed by atoms with van der Waals surface area (Å²) in [4.78, 5) is 26.9. The molecular formula is C18H22N2O4. The van der Waals surface area contributed by atoms with E-state index in [4.69, 9.17) is 9.47 Å². The molecule has 6 nitrogen and oxygen atoms in total. The van der Waals surface area contributed by atoms with Crippen molar-refractivity contribution >= 4 is 17.5 Å². The van der Waals surface area contributed by atoms with Gasteiger partial charge in [-0.05, 0) is 37.3 Å². The zero-order valence-electron chi connectivity index (χ0n) is 13.8. The standard InChI is InChI=1S/C18H22N2O4/c1-11-3-2-6-20(9-11)18(22)14-8-13(14)17(21)19-12-4-5-15-16(7-12)24-10-23-15/h4-5,7,11,13-14H,2-3,6,8-10H2,1H3,(H,19,21). The van der Waals surface area contributed by atoms with Crippen LogP contribution in [0.1, 0.15) is 26.2 Å². The van der Waals surface area contributed by atoms with E-state index in [1.165, 1.54) is 6.42 Å². The fraction of sp³-hybridized carbons (Fsp3) is 0.556. The SMILES string of the molecule is CC1CCCN(C(=O)C2CC2C(=O)Nc2ccc3c(c2)OCO3)C1. The Balaban J connectivity index is 1.34. The summed E-state index contributed by atoms with van der Waals surface area (Å²) in [6.45, 7) is 4.04. The van der Waals surface area contributed by atoms with Gasteiger partial charge in [0.2, 0.25) is 18.6 Å². The molecular weight excluding hydrogens is 308 g/mol. The van der Waals surface area contributed by atoms with Crippen molar-refractivity contribution in [2.24, 2.45) is 17.8 Å². The van der Waals surface area contributed by atoms with Crippen molar-refractivity contribution in [2.75, 3.05) is 25.2 Å².